The van der Waals surface area contributed by atoms with Crippen LogP contribution in [0.1, 0.15) is 0 Å². The molecule has 13 heavy (non-hydrogen) atoms. The summed E-state index contributed by atoms with van der Waals surface area (Å²) in [6, 6.07) is 2.32. The van der Waals surface area contributed by atoms with E-state index in [4.69, 9.17) is 5.26 Å². The molecule has 3 heteroatoms. The van der Waals surface area contributed by atoms with Crippen molar-refractivity contribution in [3.8, 4) is 17.5 Å². The van der Waals surface area contributed by atoms with Gasteiger partial charge in [-0.15, -0.1) is 5.54 Å². The first-order valence-corrected chi connectivity index (χ1v) is 11.7. The summed E-state index contributed by atoms with van der Waals surface area (Å²) in [5, 5.41) is 8.96. The van der Waals surface area contributed by atoms with Crippen LogP contribution in [0.4, 0.5) is 0 Å². The molecule has 0 saturated carbocycles. The molecule has 0 N–H and O–H groups in total. The van der Waals surface area contributed by atoms with E-state index in [1.807, 2.05) is 0 Å². The normalized spacial score (nSPS) is 13.9. The van der Waals surface area contributed by atoms with Gasteiger partial charge in [0.15, 0.2) is 0 Å². The van der Waals surface area contributed by atoms with Gasteiger partial charge in [-0.2, -0.15) is 5.26 Å². The van der Waals surface area contributed by atoms with Crippen LogP contribution in [0, 0.1) is 22.8 Å². The van der Waals surface area contributed by atoms with Crippen LogP contribution in [-0.2, 0) is 0 Å². The minimum Gasteiger partial charge on any atom is -0.197 e. The highest BCUT2D eigenvalue weighted by Gasteiger charge is 2.25. The molecular weight excluding hydrogens is 190 g/mol. The third kappa shape index (κ3) is 5.68. The molecule has 0 aliphatic carbocycles. The first-order valence-electron chi connectivity index (χ1n) is 4.59. The van der Waals surface area contributed by atoms with Crippen molar-refractivity contribution in [2.24, 2.45) is 0 Å². The Hall–Kier alpha value is -0.516. The molecule has 0 saturated heterocycles. The smallest absolute Gasteiger partial charge is 0.129 e. The van der Waals surface area contributed by atoms with Crippen LogP contribution >= 0.6 is 0 Å². The molecule has 0 radical (unpaired) electrons. The highest BCUT2D eigenvalue weighted by Crippen LogP contribution is 2.19. The molecule has 1 unspecified atom stereocenters. The molecule has 0 aromatic carbocycles. The molecule has 0 rings (SSSR count). The van der Waals surface area contributed by atoms with Crippen LogP contribution in [0.3, 0.4) is 0 Å². The molecule has 0 spiro atoms. The molecule has 0 aliphatic rings. The van der Waals surface area contributed by atoms with E-state index in [0.717, 1.165) is 0 Å². The maximum atomic E-state index is 8.96. The predicted octanol–water partition coefficient (Wildman–Crippen LogP) is 3.10. The van der Waals surface area contributed by atoms with Crippen LogP contribution in [0.25, 0.3) is 0 Å². The number of rotatable bonds is 1. The average molecular weight is 209 g/mol. The van der Waals surface area contributed by atoms with E-state index in [0.29, 0.717) is 0 Å². The molecule has 1 nitrogen and oxygen atoms in total. The van der Waals surface area contributed by atoms with E-state index in [-0.39, 0.29) is 5.54 Å². The van der Waals surface area contributed by atoms with Crippen molar-refractivity contribution >= 4 is 16.1 Å². The third-order valence-electron chi connectivity index (χ3n) is 1.59. The van der Waals surface area contributed by atoms with Crippen LogP contribution < -0.4 is 0 Å². The summed E-state index contributed by atoms with van der Waals surface area (Å²) < 4.78 is 0. The Bertz CT molecular complexity index is 265. The van der Waals surface area contributed by atoms with E-state index in [2.05, 4.69) is 56.8 Å². The van der Waals surface area contributed by atoms with E-state index >= 15 is 0 Å². The molecule has 0 heterocycles. The van der Waals surface area contributed by atoms with Crippen molar-refractivity contribution in [3.63, 3.8) is 0 Å². The van der Waals surface area contributed by atoms with E-state index in [1.165, 1.54) is 0 Å². The maximum Gasteiger partial charge on any atom is 0.129 e. The zero-order valence-electron chi connectivity index (χ0n) is 9.52. The average Bonchev–Trinajstić information content (AvgIpc) is 1.82. The second kappa shape index (κ2) is 4.13. The van der Waals surface area contributed by atoms with Crippen LogP contribution in [0.5, 0.6) is 0 Å². The monoisotopic (exact) mass is 209 g/mol. The SMILES string of the molecule is C[Si](C)(C)C#CC(C#N)[Si](C)(C)C. The van der Waals surface area contributed by atoms with Crippen molar-refractivity contribution < 1.29 is 0 Å². The lowest BCUT2D eigenvalue weighted by Crippen LogP contribution is -2.27. The van der Waals surface area contributed by atoms with Crippen molar-refractivity contribution in [2.45, 2.75) is 44.8 Å². The first kappa shape index (κ1) is 12.5. The zero-order chi connectivity index (χ0) is 10.7. The van der Waals surface area contributed by atoms with Gasteiger partial charge in [0.1, 0.15) is 8.07 Å². The van der Waals surface area contributed by atoms with Gasteiger partial charge >= 0.3 is 0 Å². The standard InChI is InChI=1S/C10H19NSi2/c1-12(2,3)8-7-10(9-11)13(4,5)6/h10H,1-6H3. The van der Waals surface area contributed by atoms with Crippen molar-refractivity contribution in [3.05, 3.63) is 0 Å². The molecule has 0 fully saturated rings. The summed E-state index contributed by atoms with van der Waals surface area (Å²) in [5.41, 5.74) is 3.28. The van der Waals surface area contributed by atoms with Crippen molar-refractivity contribution in [1.82, 2.24) is 0 Å². The minimum absolute atomic E-state index is 0.000718. The van der Waals surface area contributed by atoms with Crippen LogP contribution in [0.2, 0.25) is 44.8 Å². The van der Waals surface area contributed by atoms with Crippen molar-refractivity contribution in [2.75, 3.05) is 0 Å². The Morgan fingerprint density at radius 2 is 1.46 bits per heavy atom. The molecule has 0 aromatic rings. The summed E-state index contributed by atoms with van der Waals surface area (Å²) >= 11 is 0. The molecule has 72 valence electrons. The summed E-state index contributed by atoms with van der Waals surface area (Å²) in [7, 11) is -2.70. The van der Waals surface area contributed by atoms with E-state index in [1.54, 1.807) is 0 Å². The van der Waals surface area contributed by atoms with E-state index in [9.17, 15) is 0 Å². The van der Waals surface area contributed by atoms with Gasteiger partial charge in [-0.25, -0.2) is 0 Å². The van der Waals surface area contributed by atoms with Crippen molar-refractivity contribution in [1.29, 1.82) is 5.26 Å². The Kier molecular flexibility index (Phi) is 3.97. The van der Waals surface area contributed by atoms with Gasteiger partial charge in [0, 0.05) is 0 Å². The molecule has 0 aromatic heterocycles. The molecule has 0 bridgehead atoms. The second-order valence-electron chi connectivity index (χ2n) is 5.45. The zero-order valence-corrected chi connectivity index (χ0v) is 11.5. The first-order chi connectivity index (χ1) is 5.67. The van der Waals surface area contributed by atoms with Crippen LogP contribution in [0.15, 0.2) is 0 Å². The van der Waals surface area contributed by atoms with Gasteiger partial charge in [-0.1, -0.05) is 45.2 Å². The molecule has 0 aliphatic heterocycles. The predicted molar refractivity (Wildman–Crippen MR) is 63.8 cm³/mol. The fourth-order valence-electron chi connectivity index (χ4n) is 0.731. The summed E-state index contributed by atoms with van der Waals surface area (Å²) in [6.45, 7) is 13.2. The number of hydrogen-bond acceptors (Lipinski definition) is 1. The highest BCUT2D eigenvalue weighted by atomic mass is 28.3. The second-order valence-corrected chi connectivity index (χ2v) is 15.5. The number of nitrogens with zero attached hydrogens (tertiary/aromatic N) is 1. The highest BCUT2D eigenvalue weighted by molar-refractivity contribution is 6.84. The van der Waals surface area contributed by atoms with E-state index < -0.39 is 16.1 Å². The molecule has 0 amide bonds. The van der Waals surface area contributed by atoms with Gasteiger partial charge in [0.05, 0.1) is 19.7 Å². The third-order valence-corrected chi connectivity index (χ3v) is 4.49. The minimum atomic E-state index is -1.40. The lowest BCUT2D eigenvalue weighted by Gasteiger charge is -2.17. The van der Waals surface area contributed by atoms with Gasteiger partial charge in [0.2, 0.25) is 0 Å². The molecular formula is C10H19NSi2. The summed E-state index contributed by atoms with van der Waals surface area (Å²) in [6.07, 6.45) is 0. The Morgan fingerprint density at radius 1 is 1.00 bits per heavy atom. The Labute approximate surface area is 84.2 Å². The fraction of sp³-hybridized carbons (Fsp3) is 0.700. The lowest BCUT2D eigenvalue weighted by atomic mass is 10.5. The van der Waals surface area contributed by atoms with Crippen LogP contribution in [-0.4, -0.2) is 16.1 Å². The van der Waals surface area contributed by atoms with Gasteiger partial charge in [-0.05, 0) is 0 Å². The van der Waals surface area contributed by atoms with Gasteiger partial charge in [0.25, 0.3) is 0 Å². The fourth-order valence-corrected chi connectivity index (χ4v) is 2.35. The Morgan fingerprint density at radius 3 is 1.69 bits per heavy atom. The maximum absolute atomic E-state index is 8.96. The topological polar surface area (TPSA) is 23.8 Å². The quantitative estimate of drug-likeness (QED) is 0.481. The Balaban J connectivity index is 4.66. The lowest BCUT2D eigenvalue weighted by molar-refractivity contribution is 1.30. The number of hydrogen-bond donors (Lipinski definition) is 0. The largest absolute Gasteiger partial charge is 0.197 e. The number of nitriles is 1. The summed E-state index contributed by atoms with van der Waals surface area (Å²) in [4.78, 5) is 0. The summed E-state index contributed by atoms with van der Waals surface area (Å²) in [5.74, 6) is 3.16. The van der Waals surface area contributed by atoms with Gasteiger partial charge in [-0.3, -0.25) is 0 Å². The van der Waals surface area contributed by atoms with Gasteiger partial charge < -0.3 is 0 Å². The molecule has 1 atom stereocenters.